The normalized spacial score (nSPS) is 46.6. The van der Waals surface area contributed by atoms with E-state index in [2.05, 4.69) is 13.8 Å². The molecular formula is C27H44O4. The fraction of sp³-hybridized carbons (Fsp3) is 0.926. The van der Waals surface area contributed by atoms with E-state index in [9.17, 15) is 19.8 Å². The minimum absolute atomic E-state index is 0.0483. The Morgan fingerprint density at radius 2 is 1.77 bits per heavy atom. The van der Waals surface area contributed by atoms with Crippen LogP contribution in [-0.2, 0) is 9.59 Å². The smallest absolute Gasteiger partial charge is 0.137 e. The van der Waals surface area contributed by atoms with E-state index in [4.69, 9.17) is 0 Å². The van der Waals surface area contributed by atoms with Crippen molar-refractivity contribution < 1.29 is 19.8 Å². The first-order valence-electron chi connectivity index (χ1n) is 13.0. The lowest BCUT2D eigenvalue weighted by Gasteiger charge is -2.61. The van der Waals surface area contributed by atoms with Crippen molar-refractivity contribution in [3.05, 3.63) is 0 Å². The van der Waals surface area contributed by atoms with Gasteiger partial charge in [0, 0.05) is 31.3 Å². The van der Waals surface area contributed by atoms with Crippen LogP contribution in [0.2, 0.25) is 0 Å². The number of hydrogen-bond donors (Lipinski definition) is 2. The summed E-state index contributed by atoms with van der Waals surface area (Å²) in [6.07, 6.45) is 9.34. The van der Waals surface area contributed by atoms with E-state index < -0.39 is 0 Å². The zero-order valence-electron chi connectivity index (χ0n) is 20.1. The van der Waals surface area contributed by atoms with Gasteiger partial charge in [-0.3, -0.25) is 9.59 Å². The van der Waals surface area contributed by atoms with Crippen LogP contribution in [0.3, 0.4) is 0 Å². The Balaban J connectivity index is 1.52. The molecular weight excluding hydrogens is 388 g/mol. The van der Waals surface area contributed by atoms with Gasteiger partial charge in [-0.2, -0.15) is 0 Å². The summed E-state index contributed by atoms with van der Waals surface area (Å²) < 4.78 is 0. The molecule has 4 saturated carbocycles. The highest BCUT2D eigenvalue weighted by Crippen LogP contribution is 2.67. The van der Waals surface area contributed by atoms with Crippen LogP contribution >= 0.6 is 0 Å². The molecule has 31 heavy (non-hydrogen) atoms. The number of fused-ring (bicyclic) bond motifs is 5. The molecule has 0 heterocycles. The monoisotopic (exact) mass is 432 g/mol. The van der Waals surface area contributed by atoms with E-state index in [0.717, 1.165) is 25.7 Å². The summed E-state index contributed by atoms with van der Waals surface area (Å²) in [6, 6.07) is 0. The third-order valence-electron chi connectivity index (χ3n) is 10.8. The molecule has 0 aromatic rings. The molecule has 4 rings (SSSR count). The van der Waals surface area contributed by atoms with Crippen LogP contribution in [0.5, 0.6) is 0 Å². The van der Waals surface area contributed by atoms with E-state index in [-0.39, 0.29) is 41.7 Å². The molecule has 4 aliphatic carbocycles. The predicted molar refractivity (Wildman–Crippen MR) is 121 cm³/mol. The van der Waals surface area contributed by atoms with Crippen LogP contribution in [0.1, 0.15) is 91.9 Å². The molecule has 0 bridgehead atoms. The van der Waals surface area contributed by atoms with E-state index in [1.807, 2.05) is 13.8 Å². The fourth-order valence-corrected chi connectivity index (χ4v) is 8.81. The lowest BCUT2D eigenvalue weighted by Crippen LogP contribution is -2.54. The summed E-state index contributed by atoms with van der Waals surface area (Å²) in [6.45, 7) is 8.88. The molecule has 4 aliphatic rings. The molecule has 176 valence electrons. The van der Waals surface area contributed by atoms with Gasteiger partial charge in [-0.25, -0.2) is 0 Å². The third-order valence-corrected chi connectivity index (χ3v) is 10.8. The Bertz CT molecular complexity index is 703. The Hall–Kier alpha value is -0.740. The third kappa shape index (κ3) is 3.84. The van der Waals surface area contributed by atoms with Crippen molar-refractivity contribution in [3.63, 3.8) is 0 Å². The predicted octanol–water partition coefficient (Wildman–Crippen LogP) is 4.80. The first-order chi connectivity index (χ1) is 14.6. The van der Waals surface area contributed by atoms with Crippen molar-refractivity contribution in [2.45, 2.75) is 98.0 Å². The van der Waals surface area contributed by atoms with E-state index in [1.165, 1.54) is 19.3 Å². The van der Waals surface area contributed by atoms with E-state index >= 15 is 0 Å². The zero-order chi connectivity index (χ0) is 22.6. The maximum Gasteiger partial charge on any atom is 0.137 e. The second kappa shape index (κ2) is 8.56. The minimum atomic E-state index is -0.207. The van der Waals surface area contributed by atoms with Gasteiger partial charge < -0.3 is 10.2 Å². The number of aliphatic hydroxyl groups is 2. The minimum Gasteiger partial charge on any atom is -0.396 e. The van der Waals surface area contributed by atoms with Crippen LogP contribution in [-0.4, -0.2) is 34.5 Å². The van der Waals surface area contributed by atoms with E-state index in [0.29, 0.717) is 54.1 Å². The maximum atomic E-state index is 13.3. The van der Waals surface area contributed by atoms with Gasteiger partial charge in [-0.1, -0.05) is 27.7 Å². The van der Waals surface area contributed by atoms with Crippen molar-refractivity contribution in [2.24, 2.45) is 52.3 Å². The fourth-order valence-electron chi connectivity index (χ4n) is 8.81. The average molecular weight is 433 g/mol. The summed E-state index contributed by atoms with van der Waals surface area (Å²) in [5.41, 5.74) is 0.264. The van der Waals surface area contributed by atoms with Gasteiger partial charge in [0.25, 0.3) is 0 Å². The number of hydrogen-bond acceptors (Lipinski definition) is 4. The number of carbonyl (C=O) groups is 2. The Morgan fingerprint density at radius 3 is 2.48 bits per heavy atom. The SMILES string of the molecule is CC(CO)CCC(=O)[C@@H](C)[C@H]1C(=O)C[C@H]2[C@@H]3CCC4C[C@@H](O)CC[C@]4(C)[C@H]3CC[C@]12C. The summed E-state index contributed by atoms with van der Waals surface area (Å²) >= 11 is 0. The van der Waals surface area contributed by atoms with Crippen molar-refractivity contribution in [1.82, 2.24) is 0 Å². The van der Waals surface area contributed by atoms with Crippen molar-refractivity contribution >= 4 is 11.6 Å². The molecule has 4 nitrogen and oxygen atoms in total. The second-order valence-corrected chi connectivity index (χ2v) is 12.4. The van der Waals surface area contributed by atoms with Gasteiger partial charge in [-0.05, 0) is 91.8 Å². The van der Waals surface area contributed by atoms with Crippen LogP contribution in [0.25, 0.3) is 0 Å². The molecule has 4 fully saturated rings. The van der Waals surface area contributed by atoms with E-state index in [1.54, 1.807) is 0 Å². The summed E-state index contributed by atoms with van der Waals surface area (Å²) in [7, 11) is 0. The lowest BCUT2D eigenvalue weighted by atomic mass is 9.44. The summed E-state index contributed by atoms with van der Waals surface area (Å²) in [4.78, 5) is 26.3. The Labute approximate surface area is 188 Å². The second-order valence-electron chi connectivity index (χ2n) is 12.4. The summed E-state index contributed by atoms with van der Waals surface area (Å²) in [5, 5.41) is 19.5. The lowest BCUT2D eigenvalue weighted by molar-refractivity contribution is -0.140. The molecule has 2 N–H and O–H groups in total. The molecule has 0 amide bonds. The molecule has 4 heteroatoms. The van der Waals surface area contributed by atoms with Crippen molar-refractivity contribution in [1.29, 1.82) is 0 Å². The average Bonchev–Trinajstić information content (AvgIpc) is 3.01. The van der Waals surface area contributed by atoms with Crippen LogP contribution in [0.15, 0.2) is 0 Å². The number of Topliss-reactive ketones (excluding diaryl/α,β-unsaturated/α-hetero) is 2. The zero-order valence-corrected chi connectivity index (χ0v) is 20.1. The van der Waals surface area contributed by atoms with Gasteiger partial charge >= 0.3 is 0 Å². The van der Waals surface area contributed by atoms with Crippen molar-refractivity contribution in [2.75, 3.05) is 6.61 Å². The van der Waals surface area contributed by atoms with Crippen LogP contribution in [0, 0.1) is 52.3 Å². The Morgan fingerprint density at radius 1 is 1.06 bits per heavy atom. The van der Waals surface area contributed by atoms with Gasteiger partial charge in [0.1, 0.15) is 11.6 Å². The molecule has 0 saturated heterocycles. The number of ketones is 2. The largest absolute Gasteiger partial charge is 0.396 e. The van der Waals surface area contributed by atoms with Gasteiger partial charge in [0.15, 0.2) is 0 Å². The molecule has 0 aliphatic heterocycles. The first-order valence-corrected chi connectivity index (χ1v) is 13.0. The van der Waals surface area contributed by atoms with Gasteiger partial charge in [0.05, 0.1) is 6.10 Å². The maximum absolute atomic E-state index is 13.3. The highest BCUT2D eigenvalue weighted by molar-refractivity contribution is 5.92. The molecule has 0 radical (unpaired) electrons. The Kier molecular flexibility index (Phi) is 6.46. The molecule has 10 atom stereocenters. The standard InChI is InChI=1S/C27H44O4/c1-16(15-28)5-8-23(30)17(2)25-24(31)14-22-20-7-6-18-13-19(29)9-11-26(18,3)21(20)10-12-27(22,25)4/h16-22,25,28-29H,5-15H2,1-4H3/t16?,17-,18?,19+,20-,21+,22+,25+,26+,27+/m1/s1. The number of carbonyl (C=O) groups excluding carboxylic acids is 2. The van der Waals surface area contributed by atoms with Crippen molar-refractivity contribution in [3.8, 4) is 0 Å². The molecule has 0 aromatic heterocycles. The van der Waals surface area contributed by atoms with Crippen LogP contribution in [0.4, 0.5) is 0 Å². The molecule has 0 spiro atoms. The van der Waals surface area contributed by atoms with Gasteiger partial charge in [-0.15, -0.1) is 0 Å². The van der Waals surface area contributed by atoms with Crippen LogP contribution < -0.4 is 0 Å². The highest BCUT2D eigenvalue weighted by Gasteiger charge is 2.63. The topological polar surface area (TPSA) is 74.6 Å². The number of aliphatic hydroxyl groups excluding tert-OH is 2. The quantitative estimate of drug-likeness (QED) is 0.632. The summed E-state index contributed by atoms with van der Waals surface area (Å²) in [5.74, 6) is 2.65. The highest BCUT2D eigenvalue weighted by atomic mass is 16.3. The molecule has 0 aromatic carbocycles. The van der Waals surface area contributed by atoms with Gasteiger partial charge in [0.2, 0.25) is 0 Å². The molecule has 2 unspecified atom stereocenters. The first kappa shape index (κ1) is 23.4. The number of rotatable bonds is 6.